The third-order valence-electron chi connectivity index (χ3n) is 2.11. The molecule has 0 aliphatic heterocycles. The van der Waals surface area contributed by atoms with Crippen molar-refractivity contribution < 1.29 is 0 Å². The Morgan fingerprint density at radius 3 is 3.00 bits per heavy atom. The average Bonchev–Trinajstić information content (AvgIpc) is 2.74. The van der Waals surface area contributed by atoms with E-state index in [9.17, 15) is 0 Å². The van der Waals surface area contributed by atoms with Crippen molar-refractivity contribution in [1.29, 1.82) is 0 Å². The van der Waals surface area contributed by atoms with Crippen LogP contribution in [-0.2, 0) is 6.54 Å². The van der Waals surface area contributed by atoms with Crippen LogP contribution in [0.5, 0.6) is 0 Å². The molecule has 0 bridgehead atoms. The summed E-state index contributed by atoms with van der Waals surface area (Å²) in [6.45, 7) is 5.85. The molecule has 1 N–H and O–H groups in total. The van der Waals surface area contributed by atoms with Gasteiger partial charge in [0, 0.05) is 12.7 Å². The highest BCUT2D eigenvalue weighted by molar-refractivity contribution is 8.01. The van der Waals surface area contributed by atoms with Crippen molar-refractivity contribution in [3.05, 3.63) is 28.9 Å². The van der Waals surface area contributed by atoms with Crippen LogP contribution in [0.2, 0.25) is 0 Å². The van der Waals surface area contributed by atoms with Crippen molar-refractivity contribution in [3.63, 3.8) is 0 Å². The van der Waals surface area contributed by atoms with Crippen LogP contribution in [0.15, 0.2) is 27.7 Å². The smallest absolute Gasteiger partial charge is 0.180 e. The van der Waals surface area contributed by atoms with Gasteiger partial charge in [-0.1, -0.05) is 24.3 Å². The van der Waals surface area contributed by atoms with E-state index in [4.69, 9.17) is 0 Å². The van der Waals surface area contributed by atoms with Gasteiger partial charge in [-0.05, 0) is 36.9 Å². The van der Waals surface area contributed by atoms with Gasteiger partial charge >= 0.3 is 0 Å². The summed E-state index contributed by atoms with van der Waals surface area (Å²) in [4.78, 5) is 4.40. The van der Waals surface area contributed by atoms with Gasteiger partial charge in [-0.25, -0.2) is 4.98 Å². The van der Waals surface area contributed by atoms with Crippen LogP contribution in [-0.4, -0.2) is 21.7 Å². The maximum Gasteiger partial charge on any atom is 0.180 e. The Morgan fingerprint density at radius 2 is 2.29 bits per heavy atom. The number of aryl methyl sites for hydroxylation is 1. The third kappa shape index (κ3) is 3.49. The fraction of sp³-hybridized carbons (Fsp3) is 0.364. The first-order chi connectivity index (χ1) is 8.29. The first-order valence-corrected chi connectivity index (χ1v) is 7.05. The first-order valence-electron chi connectivity index (χ1n) is 5.42. The number of rotatable bonds is 5. The summed E-state index contributed by atoms with van der Waals surface area (Å²) >= 11 is 3.17. The third-order valence-corrected chi connectivity index (χ3v) is 4.06. The van der Waals surface area contributed by atoms with Gasteiger partial charge in [-0.15, -0.1) is 10.2 Å². The Kier molecular flexibility index (Phi) is 4.47. The summed E-state index contributed by atoms with van der Waals surface area (Å²) in [5.74, 6) is 0. The molecule has 90 valence electrons. The van der Waals surface area contributed by atoms with Gasteiger partial charge in [0.1, 0.15) is 10.0 Å². The summed E-state index contributed by atoms with van der Waals surface area (Å²) < 4.78 is 0.943. The number of aromatic nitrogens is 3. The second-order valence-electron chi connectivity index (χ2n) is 3.44. The molecule has 0 unspecified atom stereocenters. The monoisotopic (exact) mass is 266 g/mol. The number of hydrogen-bond donors (Lipinski definition) is 1. The van der Waals surface area contributed by atoms with Gasteiger partial charge < -0.3 is 5.32 Å². The zero-order valence-electron chi connectivity index (χ0n) is 9.80. The quantitative estimate of drug-likeness (QED) is 0.901. The lowest BCUT2D eigenvalue weighted by atomic mass is 10.3. The zero-order valence-corrected chi connectivity index (χ0v) is 11.4. The van der Waals surface area contributed by atoms with Crippen LogP contribution in [0.3, 0.4) is 0 Å². The second-order valence-corrected chi connectivity index (χ2v) is 5.85. The Balaban J connectivity index is 2.14. The van der Waals surface area contributed by atoms with Gasteiger partial charge in [0.05, 0.1) is 0 Å². The fourth-order valence-electron chi connectivity index (χ4n) is 1.31. The molecule has 2 aromatic heterocycles. The zero-order chi connectivity index (χ0) is 12.1. The fourth-order valence-corrected chi connectivity index (χ4v) is 3.13. The number of nitrogens with one attached hydrogen (secondary N) is 1. The lowest BCUT2D eigenvalue weighted by Crippen LogP contribution is -2.12. The molecule has 0 aliphatic rings. The molecule has 17 heavy (non-hydrogen) atoms. The van der Waals surface area contributed by atoms with E-state index >= 15 is 0 Å². The van der Waals surface area contributed by atoms with Crippen molar-refractivity contribution in [1.82, 2.24) is 20.5 Å². The predicted molar refractivity (Wildman–Crippen MR) is 70.4 cm³/mol. The summed E-state index contributed by atoms with van der Waals surface area (Å²) in [5, 5.41) is 13.4. The molecule has 2 rings (SSSR count). The molecule has 0 atom stereocenters. The molecule has 6 heteroatoms. The Bertz CT molecular complexity index is 484. The Hall–Kier alpha value is -0.980. The van der Waals surface area contributed by atoms with E-state index < -0.39 is 0 Å². The van der Waals surface area contributed by atoms with Crippen molar-refractivity contribution in [2.45, 2.75) is 29.8 Å². The number of hydrogen-bond acceptors (Lipinski definition) is 6. The largest absolute Gasteiger partial charge is 0.313 e. The summed E-state index contributed by atoms with van der Waals surface area (Å²) in [5.41, 5.74) is 1.20. The van der Waals surface area contributed by atoms with Gasteiger partial charge in [0.15, 0.2) is 4.34 Å². The lowest BCUT2D eigenvalue weighted by Gasteiger charge is -2.06. The molecule has 0 spiro atoms. The van der Waals surface area contributed by atoms with E-state index in [1.54, 1.807) is 23.1 Å². The van der Waals surface area contributed by atoms with Crippen LogP contribution in [0.4, 0.5) is 0 Å². The van der Waals surface area contributed by atoms with Crippen molar-refractivity contribution >= 4 is 23.1 Å². The predicted octanol–water partition coefficient (Wildman–Crippen LogP) is 2.50. The van der Waals surface area contributed by atoms with E-state index in [-0.39, 0.29) is 0 Å². The standard InChI is InChI=1S/C11H14N4S2/c1-3-12-7-9-5-4-6-13-10(9)17-11-15-14-8(2)16-11/h4-6,12H,3,7H2,1-2H3. The van der Waals surface area contributed by atoms with Crippen LogP contribution in [0.25, 0.3) is 0 Å². The van der Waals surface area contributed by atoms with E-state index in [1.165, 1.54) is 5.56 Å². The van der Waals surface area contributed by atoms with E-state index in [0.29, 0.717) is 0 Å². The van der Waals surface area contributed by atoms with Crippen LogP contribution in [0, 0.1) is 6.92 Å². The SMILES string of the molecule is CCNCc1cccnc1Sc1nnc(C)s1. The van der Waals surface area contributed by atoms with E-state index in [1.807, 2.05) is 19.2 Å². The molecule has 0 aromatic carbocycles. The van der Waals surface area contributed by atoms with Crippen LogP contribution in [0.1, 0.15) is 17.5 Å². The molecule has 4 nitrogen and oxygen atoms in total. The molecule has 0 aliphatic carbocycles. The van der Waals surface area contributed by atoms with Gasteiger partial charge in [-0.3, -0.25) is 0 Å². The maximum atomic E-state index is 4.40. The molecular weight excluding hydrogens is 252 g/mol. The molecule has 0 radical (unpaired) electrons. The van der Waals surface area contributed by atoms with Crippen molar-refractivity contribution in [2.75, 3.05) is 6.54 Å². The van der Waals surface area contributed by atoms with E-state index in [0.717, 1.165) is 27.5 Å². The van der Waals surface area contributed by atoms with E-state index in [2.05, 4.69) is 33.5 Å². The first kappa shape index (κ1) is 12.5. The molecule has 2 heterocycles. The summed E-state index contributed by atoms with van der Waals surface area (Å²) in [6.07, 6.45) is 1.81. The Labute approximate surface area is 109 Å². The minimum Gasteiger partial charge on any atom is -0.313 e. The van der Waals surface area contributed by atoms with Crippen LogP contribution < -0.4 is 5.32 Å². The number of pyridine rings is 1. The van der Waals surface area contributed by atoms with Crippen LogP contribution >= 0.6 is 23.1 Å². The highest BCUT2D eigenvalue weighted by atomic mass is 32.2. The highest BCUT2D eigenvalue weighted by Gasteiger charge is 2.08. The molecule has 0 saturated heterocycles. The topological polar surface area (TPSA) is 50.7 Å². The molecule has 0 fully saturated rings. The maximum absolute atomic E-state index is 4.40. The Morgan fingerprint density at radius 1 is 1.41 bits per heavy atom. The lowest BCUT2D eigenvalue weighted by molar-refractivity contribution is 0.711. The minimum absolute atomic E-state index is 0.838. The van der Waals surface area contributed by atoms with Gasteiger partial charge in [-0.2, -0.15) is 0 Å². The molecule has 0 saturated carbocycles. The van der Waals surface area contributed by atoms with Gasteiger partial charge in [0.25, 0.3) is 0 Å². The molecule has 2 aromatic rings. The average molecular weight is 266 g/mol. The van der Waals surface area contributed by atoms with Crippen molar-refractivity contribution in [3.8, 4) is 0 Å². The highest BCUT2D eigenvalue weighted by Crippen LogP contribution is 2.30. The van der Waals surface area contributed by atoms with Crippen molar-refractivity contribution in [2.24, 2.45) is 0 Å². The second kappa shape index (κ2) is 6.09. The number of nitrogens with zero attached hydrogens (tertiary/aromatic N) is 3. The summed E-state index contributed by atoms with van der Waals surface area (Å²) in [7, 11) is 0. The van der Waals surface area contributed by atoms with Gasteiger partial charge in [0.2, 0.25) is 0 Å². The molecular formula is C11H14N4S2. The summed E-state index contributed by atoms with van der Waals surface area (Å²) in [6, 6.07) is 4.05. The molecule has 0 amide bonds. The normalized spacial score (nSPS) is 10.7. The minimum atomic E-state index is 0.838.